The molecule has 0 aromatic carbocycles. The van der Waals surface area contributed by atoms with Gasteiger partial charge in [0.2, 0.25) is 5.95 Å². The number of hydrogen-bond donors (Lipinski definition) is 0. The molecule has 0 unspecified atom stereocenters. The lowest BCUT2D eigenvalue weighted by Crippen LogP contribution is -2.05. The van der Waals surface area contributed by atoms with Crippen molar-refractivity contribution in [2.75, 3.05) is 0 Å². The van der Waals surface area contributed by atoms with Crippen LogP contribution in [0.25, 0.3) is 5.95 Å². The largest absolute Gasteiger partial charge is 0.257 e. The SMILES string of the molecule is Cc1cc(C#N)nc(-n2cnc(C#N)c2C#N)n1. The monoisotopic (exact) mass is 235 g/mol. The first kappa shape index (κ1) is 11.3. The minimum absolute atomic E-state index is 0.00103. The molecule has 2 aromatic rings. The quantitative estimate of drug-likeness (QED) is 0.714. The summed E-state index contributed by atoms with van der Waals surface area (Å²) in [6, 6.07) is 7.10. The minimum atomic E-state index is 0.00103. The zero-order chi connectivity index (χ0) is 13.1. The van der Waals surface area contributed by atoms with E-state index in [-0.39, 0.29) is 23.0 Å². The van der Waals surface area contributed by atoms with Gasteiger partial charge >= 0.3 is 0 Å². The van der Waals surface area contributed by atoms with E-state index < -0.39 is 0 Å². The Balaban J connectivity index is 2.68. The van der Waals surface area contributed by atoms with Crippen LogP contribution in [0.1, 0.15) is 22.8 Å². The molecule has 0 spiro atoms. The molecule has 2 rings (SSSR count). The first-order chi connectivity index (χ1) is 8.69. The highest BCUT2D eigenvalue weighted by molar-refractivity contribution is 5.40. The summed E-state index contributed by atoms with van der Waals surface area (Å²) in [5, 5.41) is 26.6. The van der Waals surface area contributed by atoms with Crippen molar-refractivity contribution >= 4 is 0 Å². The van der Waals surface area contributed by atoms with Gasteiger partial charge in [-0.3, -0.25) is 4.57 Å². The lowest BCUT2D eigenvalue weighted by molar-refractivity contribution is 0.892. The van der Waals surface area contributed by atoms with Crippen molar-refractivity contribution < 1.29 is 0 Å². The van der Waals surface area contributed by atoms with Gasteiger partial charge in [0.1, 0.15) is 30.2 Å². The van der Waals surface area contributed by atoms with Gasteiger partial charge in [-0.15, -0.1) is 0 Å². The molecule has 2 heterocycles. The summed E-state index contributed by atoms with van der Waals surface area (Å²) in [7, 11) is 0. The molecule has 0 radical (unpaired) electrons. The molecule has 0 aliphatic rings. The average molecular weight is 235 g/mol. The lowest BCUT2D eigenvalue weighted by atomic mass is 10.3. The van der Waals surface area contributed by atoms with E-state index in [0.717, 1.165) is 0 Å². The molecule has 0 amide bonds. The minimum Gasteiger partial charge on any atom is -0.257 e. The van der Waals surface area contributed by atoms with E-state index in [0.29, 0.717) is 5.69 Å². The maximum atomic E-state index is 8.99. The van der Waals surface area contributed by atoms with Gasteiger partial charge < -0.3 is 0 Å². The van der Waals surface area contributed by atoms with Crippen LogP contribution in [-0.4, -0.2) is 19.5 Å². The molecule has 0 fully saturated rings. The van der Waals surface area contributed by atoms with Crippen LogP contribution in [0.4, 0.5) is 0 Å². The average Bonchev–Trinajstić information content (AvgIpc) is 2.80. The second kappa shape index (κ2) is 4.32. The predicted octanol–water partition coefficient (Wildman–Crippen LogP) is 0.586. The summed E-state index contributed by atoms with van der Waals surface area (Å²) < 4.78 is 1.28. The first-order valence-electron chi connectivity index (χ1n) is 4.83. The number of aromatic nitrogens is 4. The Morgan fingerprint density at radius 1 is 1.11 bits per heavy atom. The van der Waals surface area contributed by atoms with Crippen molar-refractivity contribution in [2.24, 2.45) is 0 Å². The van der Waals surface area contributed by atoms with Gasteiger partial charge in [-0.25, -0.2) is 15.0 Å². The standard InChI is InChI=1S/C11H5N7/c1-7-2-8(3-12)17-11(16-7)18-6-15-9(4-13)10(18)5-14/h2,6H,1H3. The Morgan fingerprint density at radius 3 is 2.50 bits per heavy atom. The van der Waals surface area contributed by atoms with Crippen LogP contribution >= 0.6 is 0 Å². The molecule has 7 nitrogen and oxygen atoms in total. The molecule has 2 aromatic heterocycles. The first-order valence-corrected chi connectivity index (χ1v) is 4.83. The normalized spacial score (nSPS) is 9.22. The smallest absolute Gasteiger partial charge is 0.237 e. The molecule has 7 heteroatoms. The van der Waals surface area contributed by atoms with Crippen LogP contribution in [0.15, 0.2) is 12.4 Å². The van der Waals surface area contributed by atoms with E-state index in [4.69, 9.17) is 15.8 Å². The highest BCUT2D eigenvalue weighted by Crippen LogP contribution is 2.11. The molecular formula is C11H5N7. The molecule has 18 heavy (non-hydrogen) atoms. The summed E-state index contributed by atoms with van der Waals surface area (Å²) >= 11 is 0. The second-order valence-corrected chi connectivity index (χ2v) is 3.34. The Bertz CT molecular complexity index is 736. The predicted molar refractivity (Wildman–Crippen MR) is 58.0 cm³/mol. The Labute approximate surface area is 102 Å². The number of nitriles is 3. The van der Waals surface area contributed by atoms with Crippen LogP contribution in [-0.2, 0) is 0 Å². The van der Waals surface area contributed by atoms with Crippen LogP contribution in [0.2, 0.25) is 0 Å². The fourth-order valence-electron chi connectivity index (χ4n) is 1.41. The maximum absolute atomic E-state index is 8.99. The summed E-state index contributed by atoms with van der Waals surface area (Å²) in [6.45, 7) is 1.71. The van der Waals surface area contributed by atoms with E-state index in [1.807, 2.05) is 12.1 Å². The highest BCUT2D eigenvalue weighted by Gasteiger charge is 2.14. The van der Waals surface area contributed by atoms with Crippen molar-refractivity contribution in [1.82, 2.24) is 19.5 Å². The molecule has 0 aliphatic heterocycles. The maximum Gasteiger partial charge on any atom is 0.237 e. The molecule has 0 saturated heterocycles. The summed E-state index contributed by atoms with van der Waals surface area (Å²) in [5.74, 6) is 0.150. The number of rotatable bonds is 1. The number of nitrogens with zero attached hydrogens (tertiary/aromatic N) is 7. The van der Waals surface area contributed by atoms with Crippen LogP contribution in [0.5, 0.6) is 0 Å². The molecule has 0 saturated carbocycles. The molecule has 0 aliphatic carbocycles. The summed E-state index contributed by atoms with van der Waals surface area (Å²) in [6.07, 6.45) is 1.28. The van der Waals surface area contributed by atoms with Crippen molar-refractivity contribution in [3.63, 3.8) is 0 Å². The van der Waals surface area contributed by atoms with Gasteiger partial charge in [-0.2, -0.15) is 15.8 Å². The van der Waals surface area contributed by atoms with E-state index in [1.165, 1.54) is 17.0 Å². The van der Waals surface area contributed by atoms with Crippen molar-refractivity contribution in [2.45, 2.75) is 6.92 Å². The van der Waals surface area contributed by atoms with E-state index in [2.05, 4.69) is 15.0 Å². The van der Waals surface area contributed by atoms with Gasteiger partial charge in [0.05, 0.1) is 0 Å². The summed E-state index contributed by atoms with van der Waals surface area (Å²) in [4.78, 5) is 11.9. The molecule has 0 atom stereocenters. The number of hydrogen-bond acceptors (Lipinski definition) is 6. The van der Waals surface area contributed by atoms with E-state index >= 15 is 0 Å². The molecule has 0 bridgehead atoms. The van der Waals surface area contributed by atoms with Crippen LogP contribution < -0.4 is 0 Å². The fourth-order valence-corrected chi connectivity index (χ4v) is 1.41. The van der Waals surface area contributed by atoms with E-state index in [1.54, 1.807) is 13.0 Å². The van der Waals surface area contributed by atoms with Gasteiger partial charge in [-0.1, -0.05) is 0 Å². The third-order valence-electron chi connectivity index (χ3n) is 2.15. The summed E-state index contributed by atoms with van der Waals surface area (Å²) in [5.41, 5.74) is 0.828. The van der Waals surface area contributed by atoms with Crippen molar-refractivity contribution in [3.05, 3.63) is 35.2 Å². The topological polar surface area (TPSA) is 115 Å². The Morgan fingerprint density at radius 2 is 1.89 bits per heavy atom. The fraction of sp³-hybridized carbons (Fsp3) is 0.0909. The second-order valence-electron chi connectivity index (χ2n) is 3.34. The van der Waals surface area contributed by atoms with Crippen molar-refractivity contribution in [1.29, 1.82) is 15.8 Å². The van der Waals surface area contributed by atoms with Gasteiger partial charge in [0, 0.05) is 5.69 Å². The van der Waals surface area contributed by atoms with Crippen LogP contribution in [0.3, 0.4) is 0 Å². The zero-order valence-corrected chi connectivity index (χ0v) is 9.29. The third-order valence-corrected chi connectivity index (χ3v) is 2.15. The van der Waals surface area contributed by atoms with E-state index in [9.17, 15) is 0 Å². The van der Waals surface area contributed by atoms with Gasteiger partial charge in [-0.05, 0) is 13.0 Å². The molecular weight excluding hydrogens is 230 g/mol. The highest BCUT2D eigenvalue weighted by atomic mass is 15.2. The zero-order valence-electron chi connectivity index (χ0n) is 9.29. The van der Waals surface area contributed by atoms with Crippen molar-refractivity contribution in [3.8, 4) is 24.2 Å². The Hall–Kier alpha value is -3.24. The number of aryl methyl sites for hydroxylation is 1. The number of imidazole rings is 1. The lowest BCUT2D eigenvalue weighted by Gasteiger charge is -2.02. The molecule has 84 valence electrons. The molecule has 0 N–H and O–H groups in total. The third kappa shape index (κ3) is 1.75. The van der Waals surface area contributed by atoms with Gasteiger partial charge in [0.25, 0.3) is 0 Å². The van der Waals surface area contributed by atoms with Gasteiger partial charge in [0.15, 0.2) is 11.4 Å². The Kier molecular flexibility index (Phi) is 2.70. The van der Waals surface area contributed by atoms with Crippen LogP contribution in [0, 0.1) is 40.9 Å².